The van der Waals surface area contributed by atoms with Gasteiger partial charge in [0.25, 0.3) is 0 Å². The molecule has 0 bridgehead atoms. The fraction of sp³-hybridized carbons (Fsp3) is 0.375. The number of nitrogens with zero attached hydrogens (tertiary/aromatic N) is 2. The molecule has 0 aliphatic rings. The molecule has 1 heterocycles. The third-order valence-electron chi connectivity index (χ3n) is 3.39. The summed E-state index contributed by atoms with van der Waals surface area (Å²) in [6, 6.07) is 6.14. The number of carbonyl (C=O) groups excluding carboxylic acids is 1. The summed E-state index contributed by atoms with van der Waals surface area (Å²) < 4.78 is 44.1. The molecule has 1 unspecified atom stereocenters. The minimum Gasteiger partial charge on any atom is -0.461 e. The molecule has 1 atom stereocenters. The molecule has 2 aromatic rings. The van der Waals surface area contributed by atoms with Crippen molar-refractivity contribution in [1.29, 1.82) is 0 Å². The molecule has 5 nitrogen and oxygen atoms in total. The number of hydrogen-bond donors (Lipinski definition) is 1. The van der Waals surface area contributed by atoms with Crippen molar-refractivity contribution in [3.63, 3.8) is 0 Å². The number of ether oxygens (including phenoxy) is 1. The van der Waals surface area contributed by atoms with Crippen molar-refractivity contribution in [2.45, 2.75) is 26.1 Å². The summed E-state index contributed by atoms with van der Waals surface area (Å²) in [5.41, 5.74) is 0.191. The van der Waals surface area contributed by atoms with E-state index < -0.39 is 17.7 Å². The Balaban J connectivity index is 2.00. The molecule has 0 spiro atoms. The van der Waals surface area contributed by atoms with E-state index in [1.807, 2.05) is 6.92 Å². The van der Waals surface area contributed by atoms with Gasteiger partial charge in [-0.15, -0.1) is 0 Å². The Labute approximate surface area is 137 Å². The van der Waals surface area contributed by atoms with Crippen molar-refractivity contribution in [3.8, 4) is 0 Å². The monoisotopic (exact) mass is 341 g/mol. The van der Waals surface area contributed by atoms with E-state index in [1.54, 1.807) is 13.0 Å². The quantitative estimate of drug-likeness (QED) is 0.813. The van der Waals surface area contributed by atoms with Crippen molar-refractivity contribution < 1.29 is 22.7 Å². The van der Waals surface area contributed by atoms with Gasteiger partial charge in [0.1, 0.15) is 5.69 Å². The van der Waals surface area contributed by atoms with E-state index in [9.17, 15) is 18.0 Å². The maximum Gasteiger partial charge on any atom is 0.416 e. The minimum atomic E-state index is -4.35. The van der Waals surface area contributed by atoms with Crippen LogP contribution >= 0.6 is 0 Å². The highest BCUT2D eigenvalue weighted by Gasteiger charge is 2.29. The molecule has 130 valence electrons. The number of hydrogen-bond acceptors (Lipinski definition) is 4. The number of benzene rings is 1. The lowest BCUT2D eigenvalue weighted by Crippen LogP contribution is -2.22. The fourth-order valence-corrected chi connectivity index (χ4v) is 2.16. The smallest absolute Gasteiger partial charge is 0.416 e. The number of nitrogens with one attached hydrogen (secondary N) is 1. The Morgan fingerprint density at radius 3 is 2.54 bits per heavy atom. The zero-order valence-electron chi connectivity index (χ0n) is 13.3. The highest BCUT2D eigenvalue weighted by Crippen LogP contribution is 2.29. The second-order valence-electron chi connectivity index (χ2n) is 5.19. The molecule has 1 N–H and O–H groups in total. The number of alkyl halides is 3. The number of anilines is 1. The lowest BCUT2D eigenvalue weighted by molar-refractivity contribution is -0.137. The van der Waals surface area contributed by atoms with E-state index in [0.29, 0.717) is 17.9 Å². The van der Waals surface area contributed by atoms with Gasteiger partial charge < -0.3 is 10.1 Å². The summed E-state index contributed by atoms with van der Waals surface area (Å²) >= 11 is 0. The molecule has 24 heavy (non-hydrogen) atoms. The van der Waals surface area contributed by atoms with Gasteiger partial charge in [-0.05, 0) is 44.2 Å². The fourth-order valence-electron chi connectivity index (χ4n) is 2.16. The summed E-state index contributed by atoms with van der Waals surface area (Å²) in [6.07, 6.45) is -2.85. The number of esters is 1. The topological polar surface area (TPSA) is 56.1 Å². The van der Waals surface area contributed by atoms with Crippen LogP contribution in [0.25, 0.3) is 0 Å². The summed E-state index contributed by atoms with van der Waals surface area (Å²) in [5.74, 6) is -0.462. The SMILES string of the molecule is CCOC(=O)c1ccnn1C(C)CNc1ccc(C(F)(F)F)cc1. The van der Waals surface area contributed by atoms with Crippen LogP contribution in [0.2, 0.25) is 0 Å². The van der Waals surface area contributed by atoms with Crippen LogP contribution in [0.3, 0.4) is 0 Å². The van der Waals surface area contributed by atoms with Gasteiger partial charge in [-0.2, -0.15) is 18.3 Å². The van der Waals surface area contributed by atoms with Gasteiger partial charge in [0.05, 0.1) is 18.2 Å². The molecule has 0 radical (unpaired) electrons. The van der Waals surface area contributed by atoms with Gasteiger partial charge in [0.2, 0.25) is 0 Å². The van der Waals surface area contributed by atoms with Crippen LogP contribution in [0.1, 0.15) is 35.9 Å². The molecule has 0 aliphatic heterocycles. The van der Waals surface area contributed by atoms with Crippen molar-refractivity contribution in [3.05, 3.63) is 47.8 Å². The molecule has 0 aliphatic carbocycles. The van der Waals surface area contributed by atoms with E-state index in [-0.39, 0.29) is 12.6 Å². The third-order valence-corrected chi connectivity index (χ3v) is 3.39. The van der Waals surface area contributed by atoms with Gasteiger partial charge >= 0.3 is 12.1 Å². The van der Waals surface area contributed by atoms with Gasteiger partial charge in [0, 0.05) is 18.4 Å². The van der Waals surface area contributed by atoms with Gasteiger partial charge in [-0.3, -0.25) is 4.68 Å². The first-order valence-corrected chi connectivity index (χ1v) is 7.44. The average Bonchev–Trinajstić information content (AvgIpc) is 3.02. The molecular weight excluding hydrogens is 323 g/mol. The van der Waals surface area contributed by atoms with Crippen LogP contribution in [-0.4, -0.2) is 28.9 Å². The maximum absolute atomic E-state index is 12.5. The molecule has 0 saturated carbocycles. The van der Waals surface area contributed by atoms with E-state index in [1.165, 1.54) is 23.0 Å². The number of carbonyl (C=O) groups is 1. The van der Waals surface area contributed by atoms with Crippen molar-refractivity contribution in [1.82, 2.24) is 9.78 Å². The number of halogens is 3. The van der Waals surface area contributed by atoms with Gasteiger partial charge in [-0.25, -0.2) is 4.79 Å². The third kappa shape index (κ3) is 4.27. The molecule has 0 amide bonds. The van der Waals surface area contributed by atoms with Crippen LogP contribution in [0, 0.1) is 0 Å². The van der Waals surface area contributed by atoms with Crippen LogP contribution < -0.4 is 5.32 Å². The molecule has 1 aromatic heterocycles. The molecule has 0 saturated heterocycles. The summed E-state index contributed by atoms with van der Waals surface area (Å²) in [5, 5.41) is 7.13. The largest absolute Gasteiger partial charge is 0.461 e. The Bertz CT molecular complexity index is 681. The normalized spacial score (nSPS) is 12.7. The second kappa shape index (κ2) is 7.37. The molecular formula is C16H18F3N3O2. The summed E-state index contributed by atoms with van der Waals surface area (Å²) in [7, 11) is 0. The maximum atomic E-state index is 12.5. The van der Waals surface area contributed by atoms with Gasteiger partial charge in [-0.1, -0.05) is 0 Å². The summed E-state index contributed by atoms with van der Waals surface area (Å²) in [6.45, 7) is 4.21. The lowest BCUT2D eigenvalue weighted by Gasteiger charge is -2.17. The number of aromatic nitrogens is 2. The lowest BCUT2D eigenvalue weighted by atomic mass is 10.2. The van der Waals surface area contributed by atoms with Crippen molar-refractivity contribution in [2.24, 2.45) is 0 Å². The number of rotatable bonds is 6. The van der Waals surface area contributed by atoms with E-state index >= 15 is 0 Å². The summed E-state index contributed by atoms with van der Waals surface area (Å²) in [4.78, 5) is 11.8. The van der Waals surface area contributed by atoms with E-state index in [4.69, 9.17) is 4.74 Å². The first-order valence-electron chi connectivity index (χ1n) is 7.44. The Kier molecular flexibility index (Phi) is 5.48. The van der Waals surface area contributed by atoms with E-state index in [2.05, 4.69) is 10.4 Å². The zero-order valence-corrected chi connectivity index (χ0v) is 13.3. The van der Waals surface area contributed by atoms with E-state index in [0.717, 1.165) is 12.1 Å². The van der Waals surface area contributed by atoms with Crippen LogP contribution in [0.4, 0.5) is 18.9 Å². The molecule has 0 fully saturated rings. The first kappa shape index (κ1) is 17.8. The molecule has 1 aromatic carbocycles. The van der Waals surface area contributed by atoms with Crippen LogP contribution in [0.15, 0.2) is 36.5 Å². The Morgan fingerprint density at radius 2 is 1.96 bits per heavy atom. The predicted molar refractivity (Wildman–Crippen MR) is 82.8 cm³/mol. The minimum absolute atomic E-state index is 0.193. The van der Waals surface area contributed by atoms with Crippen molar-refractivity contribution in [2.75, 3.05) is 18.5 Å². The molecule has 8 heteroatoms. The second-order valence-corrected chi connectivity index (χ2v) is 5.19. The van der Waals surface area contributed by atoms with Crippen molar-refractivity contribution >= 4 is 11.7 Å². The van der Waals surface area contributed by atoms with Crippen LogP contribution in [0.5, 0.6) is 0 Å². The van der Waals surface area contributed by atoms with Gasteiger partial charge in [0.15, 0.2) is 0 Å². The van der Waals surface area contributed by atoms with Crippen LogP contribution in [-0.2, 0) is 10.9 Å². The highest BCUT2D eigenvalue weighted by atomic mass is 19.4. The Morgan fingerprint density at radius 1 is 1.29 bits per heavy atom. The Hall–Kier alpha value is -2.51. The zero-order chi connectivity index (χ0) is 17.7. The standard InChI is InChI=1S/C16H18F3N3O2/c1-3-24-15(23)14-8-9-21-22(14)11(2)10-20-13-6-4-12(5-7-13)16(17,18)19/h4-9,11,20H,3,10H2,1-2H3. The highest BCUT2D eigenvalue weighted by molar-refractivity contribution is 5.87. The molecule has 2 rings (SSSR count). The predicted octanol–water partition coefficient (Wildman–Crippen LogP) is 3.75. The average molecular weight is 341 g/mol. The first-order chi connectivity index (χ1) is 11.3.